The Hall–Kier alpha value is -0.750. The molecule has 2 nitrogen and oxygen atoms in total. The number of nitrogens with one attached hydrogen (secondary N) is 1. The molecule has 0 atom stereocenters. The quantitative estimate of drug-likeness (QED) is 0.897. The number of piperidine rings is 1. The second kappa shape index (κ2) is 5.48. The summed E-state index contributed by atoms with van der Waals surface area (Å²) in [6.45, 7) is 1.67. The monoisotopic (exact) mass is 323 g/mol. The van der Waals surface area contributed by atoms with Crippen LogP contribution in [0.2, 0.25) is 0 Å². The molecule has 1 N–H and O–H groups in total. The van der Waals surface area contributed by atoms with E-state index in [0.717, 1.165) is 32.0 Å². The molecule has 18 heavy (non-hydrogen) atoms. The van der Waals surface area contributed by atoms with Crippen molar-refractivity contribution in [1.29, 1.82) is 0 Å². The maximum Gasteiger partial charge on any atom is 0.417 e. The standard InChI is InChI=1S/C12H13BrF3NO/c13-11-9(12(14,15)16)2-1-3-10(11)18-8-4-6-17-7-5-8/h1-3,8,17H,4-7H2. The molecule has 1 heterocycles. The van der Waals surface area contributed by atoms with Crippen molar-refractivity contribution in [2.45, 2.75) is 25.1 Å². The molecule has 1 aromatic rings. The summed E-state index contributed by atoms with van der Waals surface area (Å²) in [6.07, 6.45) is -2.77. The third-order valence-corrected chi connectivity index (χ3v) is 3.67. The number of halogens is 4. The first kappa shape index (κ1) is 13.7. The summed E-state index contributed by atoms with van der Waals surface area (Å²) in [7, 11) is 0. The fourth-order valence-electron chi connectivity index (χ4n) is 1.91. The average Bonchev–Trinajstić information content (AvgIpc) is 2.32. The van der Waals surface area contributed by atoms with E-state index in [1.807, 2.05) is 0 Å². The van der Waals surface area contributed by atoms with E-state index < -0.39 is 11.7 Å². The van der Waals surface area contributed by atoms with E-state index in [9.17, 15) is 13.2 Å². The maximum atomic E-state index is 12.7. The molecule has 0 saturated carbocycles. The Labute approximate surface area is 112 Å². The lowest BCUT2D eigenvalue weighted by atomic mass is 10.1. The highest BCUT2D eigenvalue weighted by Crippen LogP contribution is 2.39. The second-order valence-electron chi connectivity index (χ2n) is 4.18. The molecule has 1 aromatic carbocycles. The third-order valence-electron chi connectivity index (χ3n) is 2.85. The van der Waals surface area contributed by atoms with Gasteiger partial charge in [-0.05, 0) is 54.0 Å². The molecule has 1 saturated heterocycles. The van der Waals surface area contributed by atoms with Gasteiger partial charge in [-0.25, -0.2) is 0 Å². The third kappa shape index (κ3) is 3.17. The molecule has 0 bridgehead atoms. The predicted molar refractivity (Wildman–Crippen MR) is 65.7 cm³/mol. The highest BCUT2D eigenvalue weighted by Gasteiger charge is 2.34. The molecule has 0 radical (unpaired) electrons. The summed E-state index contributed by atoms with van der Waals surface area (Å²) in [5.41, 5.74) is -0.700. The summed E-state index contributed by atoms with van der Waals surface area (Å²) < 4.78 is 43.8. The van der Waals surface area contributed by atoms with Crippen molar-refractivity contribution in [3.63, 3.8) is 0 Å². The lowest BCUT2D eigenvalue weighted by molar-refractivity contribution is -0.138. The summed E-state index contributed by atoms with van der Waals surface area (Å²) in [5.74, 6) is 0.261. The van der Waals surface area contributed by atoms with Crippen LogP contribution in [0, 0.1) is 0 Å². The Morgan fingerprint density at radius 3 is 2.50 bits per heavy atom. The molecule has 0 aromatic heterocycles. The van der Waals surface area contributed by atoms with Crippen LogP contribution in [0.1, 0.15) is 18.4 Å². The Bertz CT molecular complexity index is 416. The molecule has 6 heteroatoms. The largest absolute Gasteiger partial charge is 0.489 e. The van der Waals surface area contributed by atoms with Crippen molar-refractivity contribution in [2.24, 2.45) is 0 Å². The molecule has 0 aliphatic carbocycles. The van der Waals surface area contributed by atoms with E-state index in [-0.39, 0.29) is 16.3 Å². The Morgan fingerprint density at radius 1 is 1.22 bits per heavy atom. The van der Waals surface area contributed by atoms with Crippen LogP contribution in [-0.2, 0) is 6.18 Å². The normalized spacial score (nSPS) is 17.8. The van der Waals surface area contributed by atoms with Gasteiger partial charge in [0, 0.05) is 0 Å². The van der Waals surface area contributed by atoms with E-state index in [0.29, 0.717) is 0 Å². The van der Waals surface area contributed by atoms with Gasteiger partial charge in [0.25, 0.3) is 0 Å². The van der Waals surface area contributed by atoms with Crippen LogP contribution in [0.4, 0.5) is 13.2 Å². The molecular formula is C12H13BrF3NO. The fraction of sp³-hybridized carbons (Fsp3) is 0.500. The zero-order chi connectivity index (χ0) is 13.2. The van der Waals surface area contributed by atoms with Crippen LogP contribution in [0.3, 0.4) is 0 Å². The van der Waals surface area contributed by atoms with E-state index in [1.165, 1.54) is 6.07 Å². The number of ether oxygens (including phenoxy) is 1. The van der Waals surface area contributed by atoms with Crippen molar-refractivity contribution >= 4 is 15.9 Å². The van der Waals surface area contributed by atoms with Gasteiger partial charge >= 0.3 is 6.18 Å². The van der Waals surface area contributed by atoms with Gasteiger partial charge in [0.1, 0.15) is 11.9 Å². The van der Waals surface area contributed by atoms with Crippen LogP contribution < -0.4 is 10.1 Å². The lowest BCUT2D eigenvalue weighted by Gasteiger charge is -2.25. The van der Waals surface area contributed by atoms with Crippen molar-refractivity contribution in [2.75, 3.05) is 13.1 Å². The number of alkyl halides is 3. The van der Waals surface area contributed by atoms with Crippen LogP contribution in [-0.4, -0.2) is 19.2 Å². The van der Waals surface area contributed by atoms with Crippen LogP contribution >= 0.6 is 15.9 Å². The van der Waals surface area contributed by atoms with Gasteiger partial charge in [-0.3, -0.25) is 0 Å². The Morgan fingerprint density at radius 2 is 1.89 bits per heavy atom. The summed E-state index contributed by atoms with van der Waals surface area (Å²) in [5, 5.41) is 3.18. The molecule has 0 spiro atoms. The van der Waals surface area contributed by atoms with Gasteiger partial charge < -0.3 is 10.1 Å². The molecule has 2 rings (SSSR count). The van der Waals surface area contributed by atoms with Crippen LogP contribution in [0.15, 0.2) is 22.7 Å². The number of hydrogen-bond donors (Lipinski definition) is 1. The van der Waals surface area contributed by atoms with E-state index in [4.69, 9.17) is 4.74 Å². The van der Waals surface area contributed by atoms with Gasteiger partial charge in [-0.2, -0.15) is 13.2 Å². The van der Waals surface area contributed by atoms with Gasteiger partial charge in [0.2, 0.25) is 0 Å². The van der Waals surface area contributed by atoms with Gasteiger partial charge in [0.15, 0.2) is 0 Å². The molecule has 100 valence electrons. The van der Waals surface area contributed by atoms with Crippen molar-refractivity contribution in [3.8, 4) is 5.75 Å². The van der Waals surface area contributed by atoms with Gasteiger partial charge in [0.05, 0.1) is 10.0 Å². The summed E-state index contributed by atoms with van der Waals surface area (Å²) in [6, 6.07) is 3.96. The molecule has 1 fully saturated rings. The summed E-state index contributed by atoms with van der Waals surface area (Å²) >= 11 is 2.98. The lowest BCUT2D eigenvalue weighted by Crippen LogP contribution is -2.34. The SMILES string of the molecule is FC(F)(F)c1cccc(OC2CCNCC2)c1Br. The van der Waals surface area contributed by atoms with E-state index in [1.54, 1.807) is 6.07 Å². The minimum absolute atomic E-state index is 0.0176. The summed E-state index contributed by atoms with van der Waals surface area (Å²) in [4.78, 5) is 0. The maximum absolute atomic E-state index is 12.7. The molecule has 0 amide bonds. The molecule has 1 aliphatic rings. The van der Waals surface area contributed by atoms with E-state index in [2.05, 4.69) is 21.2 Å². The predicted octanol–water partition coefficient (Wildman–Crippen LogP) is 3.60. The molecule has 1 aliphatic heterocycles. The average molecular weight is 324 g/mol. The number of hydrogen-bond acceptors (Lipinski definition) is 2. The first-order valence-corrected chi connectivity index (χ1v) is 6.51. The smallest absolute Gasteiger partial charge is 0.417 e. The zero-order valence-corrected chi connectivity index (χ0v) is 11.1. The second-order valence-corrected chi connectivity index (χ2v) is 4.98. The first-order valence-electron chi connectivity index (χ1n) is 5.71. The van der Waals surface area contributed by atoms with E-state index >= 15 is 0 Å². The minimum atomic E-state index is -4.37. The number of benzene rings is 1. The Balaban J connectivity index is 2.18. The van der Waals surface area contributed by atoms with Crippen molar-refractivity contribution in [3.05, 3.63) is 28.2 Å². The minimum Gasteiger partial charge on any atom is -0.489 e. The number of rotatable bonds is 2. The Kier molecular flexibility index (Phi) is 4.17. The highest BCUT2D eigenvalue weighted by molar-refractivity contribution is 9.10. The zero-order valence-electron chi connectivity index (χ0n) is 9.56. The van der Waals surface area contributed by atoms with Crippen molar-refractivity contribution in [1.82, 2.24) is 5.32 Å². The van der Waals surface area contributed by atoms with Gasteiger partial charge in [-0.1, -0.05) is 6.07 Å². The van der Waals surface area contributed by atoms with Crippen LogP contribution in [0.5, 0.6) is 5.75 Å². The fourth-order valence-corrected chi connectivity index (χ4v) is 2.50. The molecule has 0 unspecified atom stereocenters. The highest BCUT2D eigenvalue weighted by atomic mass is 79.9. The topological polar surface area (TPSA) is 21.3 Å². The first-order chi connectivity index (χ1) is 8.48. The van der Waals surface area contributed by atoms with Crippen molar-refractivity contribution < 1.29 is 17.9 Å². The molecular weight excluding hydrogens is 311 g/mol. The van der Waals surface area contributed by atoms with Crippen LogP contribution in [0.25, 0.3) is 0 Å². The van der Waals surface area contributed by atoms with Gasteiger partial charge in [-0.15, -0.1) is 0 Å².